The van der Waals surface area contributed by atoms with Crippen molar-refractivity contribution in [3.05, 3.63) is 230 Å². The molecular formula is C64H34F4. The van der Waals surface area contributed by atoms with Crippen LogP contribution in [-0.4, -0.2) is 0 Å². The van der Waals surface area contributed by atoms with Crippen LogP contribution in [0.15, 0.2) is 206 Å². The maximum atomic E-state index is 16.3. The average Bonchev–Trinajstić information content (AvgIpc) is 3.88. The van der Waals surface area contributed by atoms with E-state index in [1.165, 1.54) is 73.8 Å². The molecule has 0 bridgehead atoms. The van der Waals surface area contributed by atoms with E-state index < -0.39 is 23.3 Å². The van der Waals surface area contributed by atoms with Gasteiger partial charge in [0.25, 0.3) is 0 Å². The maximum Gasteiger partial charge on any atom is 0.133 e. The molecule has 0 amide bonds. The fourth-order valence-corrected chi connectivity index (χ4v) is 11.8. The lowest BCUT2D eigenvalue weighted by Crippen LogP contribution is -1.97. The number of hydrogen-bond donors (Lipinski definition) is 0. The number of hydrogen-bond acceptors (Lipinski definition) is 0. The summed E-state index contributed by atoms with van der Waals surface area (Å²) in [6, 6.07) is 66.7. The average molecular weight is 879 g/mol. The second-order valence-electron chi connectivity index (χ2n) is 17.8. The Hall–Kier alpha value is -8.60. The van der Waals surface area contributed by atoms with Gasteiger partial charge in [0.2, 0.25) is 0 Å². The van der Waals surface area contributed by atoms with E-state index in [4.69, 9.17) is 0 Å². The van der Waals surface area contributed by atoms with Gasteiger partial charge in [-0.15, -0.1) is 0 Å². The van der Waals surface area contributed by atoms with E-state index in [2.05, 4.69) is 133 Å². The molecule has 0 N–H and O–H groups in total. The van der Waals surface area contributed by atoms with Crippen molar-refractivity contribution in [1.82, 2.24) is 0 Å². The topological polar surface area (TPSA) is 0 Å². The van der Waals surface area contributed by atoms with Gasteiger partial charge in [-0.1, -0.05) is 170 Å². The monoisotopic (exact) mass is 878 g/mol. The fourth-order valence-electron chi connectivity index (χ4n) is 11.8. The Kier molecular flexibility index (Phi) is 8.21. The highest BCUT2D eigenvalue weighted by Crippen LogP contribution is 2.61. The number of rotatable bonds is 5. The van der Waals surface area contributed by atoms with Crippen LogP contribution in [0, 0.1) is 23.3 Å². The summed E-state index contributed by atoms with van der Waals surface area (Å²) < 4.78 is 61.8. The first-order chi connectivity index (χ1) is 33.4. The largest absolute Gasteiger partial charge is 0.207 e. The molecular weight excluding hydrogens is 845 g/mol. The molecule has 0 saturated heterocycles. The van der Waals surface area contributed by atoms with Gasteiger partial charge in [0.05, 0.1) is 0 Å². The fraction of sp³-hybridized carbons (Fsp3) is 0. The third-order valence-electron chi connectivity index (χ3n) is 14.4. The number of halogens is 4. The smallest absolute Gasteiger partial charge is 0.133 e. The minimum absolute atomic E-state index is 0.236. The van der Waals surface area contributed by atoms with E-state index in [0.717, 1.165) is 72.8 Å². The molecule has 4 heteroatoms. The lowest BCUT2D eigenvalue weighted by Gasteiger charge is -2.21. The lowest BCUT2D eigenvalue weighted by atomic mass is 9.82. The van der Waals surface area contributed by atoms with Crippen LogP contribution in [-0.2, 0) is 0 Å². The molecule has 0 unspecified atom stereocenters. The van der Waals surface area contributed by atoms with E-state index in [9.17, 15) is 8.78 Å². The molecule has 318 valence electrons. The summed E-state index contributed by atoms with van der Waals surface area (Å²) in [5, 5.41) is 7.96. The van der Waals surface area contributed by atoms with Gasteiger partial charge in [-0.05, 0) is 145 Å². The van der Waals surface area contributed by atoms with Crippen molar-refractivity contribution in [2.24, 2.45) is 0 Å². The molecule has 0 nitrogen and oxygen atoms in total. The normalized spacial score (nSPS) is 12.1. The second kappa shape index (κ2) is 14.4. The van der Waals surface area contributed by atoms with Crippen LogP contribution >= 0.6 is 0 Å². The molecule has 0 atom stereocenters. The molecule has 2 aliphatic rings. The Morgan fingerprint density at radius 3 is 0.912 bits per heavy atom. The minimum Gasteiger partial charge on any atom is -0.207 e. The molecule has 0 fully saturated rings. The third kappa shape index (κ3) is 5.31. The quantitative estimate of drug-likeness (QED) is 0.151. The Morgan fingerprint density at radius 2 is 0.515 bits per heavy atom. The van der Waals surface area contributed by atoms with Gasteiger partial charge >= 0.3 is 0 Å². The van der Waals surface area contributed by atoms with Crippen LogP contribution in [0.5, 0.6) is 0 Å². The van der Waals surface area contributed by atoms with Crippen molar-refractivity contribution < 1.29 is 17.6 Å². The van der Waals surface area contributed by atoms with Gasteiger partial charge < -0.3 is 0 Å². The predicted molar refractivity (Wildman–Crippen MR) is 272 cm³/mol. The van der Waals surface area contributed by atoms with Gasteiger partial charge in [-0.3, -0.25) is 0 Å². The third-order valence-corrected chi connectivity index (χ3v) is 14.4. The van der Waals surface area contributed by atoms with Crippen LogP contribution in [0.4, 0.5) is 17.6 Å². The summed E-state index contributed by atoms with van der Waals surface area (Å²) >= 11 is 0. The summed E-state index contributed by atoms with van der Waals surface area (Å²) in [5.41, 5.74) is 16.4. The number of fused-ring (bicyclic) bond motifs is 8. The molecule has 14 rings (SSSR count). The summed E-state index contributed by atoms with van der Waals surface area (Å²) in [5.74, 6) is -2.76. The molecule has 12 aromatic rings. The zero-order valence-electron chi connectivity index (χ0n) is 36.1. The lowest BCUT2D eigenvalue weighted by molar-refractivity contribution is 0.585. The second-order valence-corrected chi connectivity index (χ2v) is 17.8. The minimum atomic E-state index is -0.700. The summed E-state index contributed by atoms with van der Waals surface area (Å²) in [7, 11) is 0. The SMILES string of the molecule is Fc1ccc(-c2c3c(c(-c4ccc(F)cc4F)c4ccccc24)-c2ccc(-c4ccc5c6c(cccc46)-c4c-5c(-c5ccccc5)c5ccccc5c4-c4ccccc4)c4cccc-3c24)c(F)c1. The molecule has 0 radical (unpaired) electrons. The Balaban J connectivity index is 1.07. The van der Waals surface area contributed by atoms with Crippen LogP contribution in [0.25, 0.3) is 143 Å². The van der Waals surface area contributed by atoms with Crippen LogP contribution in [0.1, 0.15) is 0 Å². The van der Waals surface area contributed by atoms with Gasteiger partial charge in [0, 0.05) is 34.4 Å². The molecule has 0 spiro atoms. The van der Waals surface area contributed by atoms with Crippen LogP contribution in [0.2, 0.25) is 0 Å². The van der Waals surface area contributed by atoms with Gasteiger partial charge in [-0.25, -0.2) is 17.6 Å². The first kappa shape index (κ1) is 38.6. The summed E-state index contributed by atoms with van der Waals surface area (Å²) in [4.78, 5) is 0. The summed E-state index contributed by atoms with van der Waals surface area (Å²) in [6.07, 6.45) is 0. The molecule has 12 aromatic carbocycles. The Bertz CT molecular complexity index is 3970. The highest BCUT2D eigenvalue weighted by atomic mass is 19.1. The van der Waals surface area contributed by atoms with E-state index in [1.807, 2.05) is 36.4 Å². The molecule has 0 aliphatic heterocycles. The van der Waals surface area contributed by atoms with Crippen molar-refractivity contribution in [2.45, 2.75) is 0 Å². The predicted octanol–water partition coefficient (Wildman–Crippen LogP) is 18.5. The molecule has 0 saturated carbocycles. The van der Waals surface area contributed by atoms with Gasteiger partial charge in [0.15, 0.2) is 0 Å². The van der Waals surface area contributed by atoms with Crippen molar-refractivity contribution in [3.8, 4) is 100 Å². The molecule has 2 aliphatic carbocycles. The Morgan fingerprint density at radius 1 is 0.206 bits per heavy atom. The van der Waals surface area contributed by atoms with Gasteiger partial charge in [0.1, 0.15) is 23.3 Å². The van der Waals surface area contributed by atoms with Crippen LogP contribution < -0.4 is 0 Å². The zero-order chi connectivity index (χ0) is 45.4. The zero-order valence-corrected chi connectivity index (χ0v) is 36.1. The first-order valence-electron chi connectivity index (χ1n) is 22.8. The molecule has 0 aromatic heterocycles. The number of benzene rings is 12. The van der Waals surface area contributed by atoms with E-state index >= 15 is 8.78 Å². The summed E-state index contributed by atoms with van der Waals surface area (Å²) in [6.45, 7) is 0. The maximum absolute atomic E-state index is 16.3. The van der Waals surface area contributed by atoms with Crippen molar-refractivity contribution in [2.75, 3.05) is 0 Å². The molecule has 68 heavy (non-hydrogen) atoms. The van der Waals surface area contributed by atoms with Crippen molar-refractivity contribution >= 4 is 43.1 Å². The van der Waals surface area contributed by atoms with Gasteiger partial charge in [-0.2, -0.15) is 0 Å². The van der Waals surface area contributed by atoms with E-state index in [0.29, 0.717) is 21.9 Å². The van der Waals surface area contributed by atoms with Crippen molar-refractivity contribution in [3.63, 3.8) is 0 Å². The highest BCUT2D eigenvalue weighted by Gasteiger charge is 2.35. The standard InChI is InChI=1S/C64H34F4/c65-37-25-27-47(53(67)33-37)59-45-19-9-10-20-46(45)60(48-28-26-38(66)34-54(48)68)64-52-32-30-40(42-22-12-24-50(58(42)52)63(59)64)39-29-31-51-57-41(39)21-11-23-49(57)61-55(35-13-3-1-4-14-35)43-17-7-8-18-44(43)56(62(51)61)36-15-5-2-6-16-36/h1-34H. The molecule has 0 heterocycles. The van der Waals surface area contributed by atoms with E-state index in [1.54, 1.807) is 0 Å². The van der Waals surface area contributed by atoms with Crippen LogP contribution in [0.3, 0.4) is 0 Å². The highest BCUT2D eigenvalue weighted by molar-refractivity contribution is 6.32. The van der Waals surface area contributed by atoms with Crippen molar-refractivity contribution in [1.29, 1.82) is 0 Å². The Labute approximate surface area is 388 Å². The van der Waals surface area contributed by atoms with E-state index in [-0.39, 0.29) is 11.1 Å². The first-order valence-corrected chi connectivity index (χ1v) is 22.8.